The van der Waals surface area contributed by atoms with E-state index in [9.17, 15) is 0 Å². The summed E-state index contributed by atoms with van der Waals surface area (Å²) in [5.41, 5.74) is 14.9. The molecule has 0 saturated heterocycles. The second-order valence-corrected chi connectivity index (χ2v) is 17.5. The van der Waals surface area contributed by atoms with Crippen molar-refractivity contribution in [3.8, 4) is 67.5 Å². The van der Waals surface area contributed by atoms with Gasteiger partial charge in [0.2, 0.25) is 0 Å². The molecule has 3 heteroatoms. The normalized spacial score (nSPS) is 22.7. The van der Waals surface area contributed by atoms with Crippen molar-refractivity contribution < 1.29 is 0 Å². The molecule has 0 amide bonds. The summed E-state index contributed by atoms with van der Waals surface area (Å²) in [7, 11) is 0. The lowest BCUT2D eigenvalue weighted by Gasteiger charge is -2.57. The van der Waals surface area contributed by atoms with Gasteiger partial charge in [0.15, 0.2) is 17.5 Å². The van der Waals surface area contributed by atoms with Crippen LogP contribution in [0.3, 0.4) is 0 Å². The molecule has 7 aromatic rings. The Labute approximate surface area is 324 Å². The van der Waals surface area contributed by atoms with Crippen LogP contribution in [-0.4, -0.2) is 15.0 Å². The predicted octanol–water partition coefficient (Wildman–Crippen LogP) is 13.0. The number of rotatable bonds is 6. The highest BCUT2D eigenvalue weighted by Gasteiger charge is 2.51. The van der Waals surface area contributed by atoms with Gasteiger partial charge in [-0.1, -0.05) is 141 Å². The number of aromatic nitrogens is 3. The van der Waals surface area contributed by atoms with Crippen LogP contribution in [0.5, 0.6) is 0 Å². The van der Waals surface area contributed by atoms with Gasteiger partial charge in [0.25, 0.3) is 0 Å². The lowest BCUT2D eigenvalue weighted by Crippen LogP contribution is -2.48. The Morgan fingerprint density at radius 2 is 0.945 bits per heavy atom. The number of hydrogen-bond donors (Lipinski definition) is 0. The van der Waals surface area contributed by atoms with Crippen molar-refractivity contribution in [2.24, 2.45) is 17.8 Å². The van der Waals surface area contributed by atoms with Crippen LogP contribution in [0.1, 0.15) is 69.1 Å². The first-order valence-electron chi connectivity index (χ1n) is 20.3. The van der Waals surface area contributed by atoms with E-state index in [-0.39, 0.29) is 5.41 Å². The average molecular weight is 712 g/mol. The first-order valence-corrected chi connectivity index (χ1v) is 20.3. The Balaban J connectivity index is 1.08. The first-order chi connectivity index (χ1) is 26.9. The van der Waals surface area contributed by atoms with Gasteiger partial charge >= 0.3 is 0 Å². The third kappa shape index (κ3) is 5.42. The Morgan fingerprint density at radius 1 is 0.418 bits per heavy atom. The highest BCUT2D eigenvalue weighted by atomic mass is 15.0. The fourth-order valence-electron chi connectivity index (χ4n) is 11.6. The molecule has 0 aliphatic heterocycles. The van der Waals surface area contributed by atoms with Gasteiger partial charge in [-0.3, -0.25) is 0 Å². The maximum Gasteiger partial charge on any atom is 0.164 e. The minimum Gasteiger partial charge on any atom is -0.208 e. The van der Waals surface area contributed by atoms with Crippen LogP contribution in [-0.2, 0) is 10.8 Å². The number of benzene rings is 6. The molecule has 12 rings (SSSR count). The van der Waals surface area contributed by atoms with Crippen molar-refractivity contribution in [1.82, 2.24) is 15.0 Å². The number of hydrogen-bond acceptors (Lipinski definition) is 3. The number of nitrogens with zero attached hydrogens (tertiary/aromatic N) is 3. The Hall–Kier alpha value is -5.67. The zero-order valence-electron chi connectivity index (χ0n) is 31.7. The smallest absolute Gasteiger partial charge is 0.164 e. The summed E-state index contributed by atoms with van der Waals surface area (Å²) in [5, 5.41) is 0. The molecule has 4 saturated carbocycles. The van der Waals surface area contributed by atoms with Gasteiger partial charge in [-0.2, -0.15) is 0 Å². The standard InChI is InChI=1S/C52H45N3/c1-51(2)46-19-10-9-18-43(46)45-29-41(28-44(47(45)51)37-20-22-42(23-21-37)52-30-33-24-34(31-52)26-35(25-33)32-52)50-54-48(38-14-7-4-8-15-38)53-49(55-50)40-17-11-16-39(27-40)36-12-5-3-6-13-36/h3-23,27-29,33-35H,24-26,30-32H2,1-2H3. The highest BCUT2D eigenvalue weighted by Crippen LogP contribution is 2.61. The molecular weight excluding hydrogens is 667 g/mol. The quantitative estimate of drug-likeness (QED) is 0.172. The van der Waals surface area contributed by atoms with Crippen LogP contribution in [0.4, 0.5) is 0 Å². The molecule has 4 fully saturated rings. The van der Waals surface area contributed by atoms with Crippen molar-refractivity contribution in [2.45, 2.75) is 63.2 Å². The van der Waals surface area contributed by atoms with Gasteiger partial charge in [0.05, 0.1) is 0 Å². The largest absolute Gasteiger partial charge is 0.208 e. The van der Waals surface area contributed by atoms with Crippen molar-refractivity contribution in [1.29, 1.82) is 0 Å². The van der Waals surface area contributed by atoms with Gasteiger partial charge in [0.1, 0.15) is 0 Å². The predicted molar refractivity (Wildman–Crippen MR) is 224 cm³/mol. The lowest BCUT2D eigenvalue weighted by molar-refractivity contribution is -0.00518. The molecule has 0 spiro atoms. The summed E-state index contributed by atoms with van der Waals surface area (Å²) in [6.45, 7) is 4.78. The van der Waals surface area contributed by atoms with Crippen molar-refractivity contribution in [2.75, 3.05) is 0 Å². The zero-order chi connectivity index (χ0) is 36.7. The van der Waals surface area contributed by atoms with Crippen molar-refractivity contribution in [3.63, 3.8) is 0 Å². The summed E-state index contributed by atoms with van der Waals surface area (Å²) in [5.74, 6) is 4.81. The zero-order valence-corrected chi connectivity index (χ0v) is 31.7. The van der Waals surface area contributed by atoms with Crippen LogP contribution < -0.4 is 0 Å². The molecule has 4 bridgehead atoms. The van der Waals surface area contributed by atoms with Gasteiger partial charge in [-0.25, -0.2) is 15.0 Å². The average Bonchev–Trinajstić information content (AvgIpc) is 3.46. The Bertz CT molecular complexity index is 2550. The number of fused-ring (bicyclic) bond motifs is 3. The van der Waals surface area contributed by atoms with Crippen LogP contribution in [0.15, 0.2) is 146 Å². The topological polar surface area (TPSA) is 38.7 Å². The highest BCUT2D eigenvalue weighted by molar-refractivity contribution is 5.91. The van der Waals surface area contributed by atoms with Crippen LogP contribution >= 0.6 is 0 Å². The molecule has 0 radical (unpaired) electrons. The van der Waals surface area contributed by atoms with E-state index in [1.807, 2.05) is 18.2 Å². The van der Waals surface area contributed by atoms with Crippen LogP contribution in [0.2, 0.25) is 0 Å². The van der Waals surface area contributed by atoms with E-state index in [0.717, 1.165) is 40.0 Å². The Morgan fingerprint density at radius 3 is 1.62 bits per heavy atom. The molecule has 0 unspecified atom stereocenters. The van der Waals surface area contributed by atoms with E-state index < -0.39 is 0 Å². The molecule has 1 aromatic heterocycles. The molecule has 268 valence electrons. The van der Waals surface area contributed by atoms with E-state index in [1.165, 1.54) is 77.5 Å². The SMILES string of the molecule is CC1(C)c2ccccc2-c2cc(-c3nc(-c4ccccc4)nc(-c4cccc(-c5ccccc5)c4)n3)cc(-c3ccc(C45CC6CC(CC(C6)C4)C5)cc3)c21. The minimum absolute atomic E-state index is 0.157. The molecule has 6 aromatic carbocycles. The lowest BCUT2D eigenvalue weighted by atomic mass is 9.48. The van der Waals surface area contributed by atoms with E-state index in [4.69, 9.17) is 15.0 Å². The molecular formula is C52H45N3. The second kappa shape index (κ2) is 12.4. The molecule has 5 aliphatic carbocycles. The molecule has 0 N–H and O–H groups in total. The van der Waals surface area contributed by atoms with Gasteiger partial charge in [-0.15, -0.1) is 0 Å². The van der Waals surface area contributed by atoms with E-state index >= 15 is 0 Å². The molecule has 0 atom stereocenters. The van der Waals surface area contributed by atoms with E-state index in [2.05, 4.69) is 141 Å². The third-order valence-corrected chi connectivity index (χ3v) is 13.7. The molecule has 3 nitrogen and oxygen atoms in total. The fraction of sp³-hybridized carbons (Fsp3) is 0.250. The van der Waals surface area contributed by atoms with Gasteiger partial charge < -0.3 is 0 Å². The summed E-state index contributed by atoms with van der Waals surface area (Å²) >= 11 is 0. The first kappa shape index (κ1) is 32.7. The van der Waals surface area contributed by atoms with E-state index in [0.29, 0.717) is 22.9 Å². The fourth-order valence-corrected chi connectivity index (χ4v) is 11.6. The van der Waals surface area contributed by atoms with Crippen LogP contribution in [0.25, 0.3) is 67.5 Å². The summed E-state index contributed by atoms with van der Waals surface area (Å²) in [6.07, 6.45) is 8.54. The molecule has 5 aliphatic rings. The van der Waals surface area contributed by atoms with Crippen molar-refractivity contribution >= 4 is 0 Å². The summed E-state index contributed by atoms with van der Waals surface area (Å²) < 4.78 is 0. The third-order valence-electron chi connectivity index (χ3n) is 13.7. The summed E-state index contributed by atoms with van der Waals surface area (Å²) in [6, 6.07) is 52.9. The maximum atomic E-state index is 5.28. The van der Waals surface area contributed by atoms with E-state index in [1.54, 1.807) is 5.56 Å². The molecule has 1 heterocycles. The maximum absolute atomic E-state index is 5.28. The molecule has 55 heavy (non-hydrogen) atoms. The van der Waals surface area contributed by atoms with Crippen LogP contribution in [0, 0.1) is 17.8 Å². The summed E-state index contributed by atoms with van der Waals surface area (Å²) in [4.78, 5) is 15.6. The second-order valence-electron chi connectivity index (χ2n) is 17.5. The minimum atomic E-state index is -0.157. The van der Waals surface area contributed by atoms with Crippen molar-refractivity contribution in [3.05, 3.63) is 162 Å². The van der Waals surface area contributed by atoms with Gasteiger partial charge in [0, 0.05) is 22.1 Å². The van der Waals surface area contributed by atoms with Gasteiger partial charge in [-0.05, 0) is 130 Å². The Kier molecular flexibility index (Phi) is 7.40. The monoisotopic (exact) mass is 711 g/mol.